The van der Waals surface area contributed by atoms with Gasteiger partial charge in [0.2, 0.25) is 5.91 Å². The minimum Gasteiger partial charge on any atom is -0.354 e. The van der Waals surface area contributed by atoms with E-state index < -0.39 is 0 Å². The SMILES string of the molecule is O=C(NCC(Br)C1CC1)C1(c2ccccc2)CC1. The third-order valence-corrected chi connectivity index (χ3v) is 5.17. The molecule has 0 saturated heterocycles. The second-order valence-electron chi connectivity index (χ2n) is 5.51. The highest BCUT2D eigenvalue weighted by Gasteiger charge is 2.51. The van der Waals surface area contributed by atoms with Crippen molar-refractivity contribution < 1.29 is 4.79 Å². The second-order valence-corrected chi connectivity index (χ2v) is 6.69. The van der Waals surface area contributed by atoms with E-state index >= 15 is 0 Å². The van der Waals surface area contributed by atoms with Crippen molar-refractivity contribution in [1.29, 1.82) is 0 Å². The van der Waals surface area contributed by atoms with Crippen LogP contribution < -0.4 is 5.32 Å². The Bertz CT molecular complexity index is 437. The van der Waals surface area contributed by atoms with E-state index in [2.05, 4.69) is 33.4 Å². The maximum Gasteiger partial charge on any atom is 0.230 e. The Morgan fingerprint density at radius 2 is 2.00 bits per heavy atom. The van der Waals surface area contributed by atoms with Crippen molar-refractivity contribution in [3.63, 3.8) is 0 Å². The van der Waals surface area contributed by atoms with E-state index in [1.54, 1.807) is 0 Å². The molecule has 0 heterocycles. The molecule has 1 unspecified atom stereocenters. The van der Waals surface area contributed by atoms with Gasteiger partial charge in [0.15, 0.2) is 0 Å². The third-order valence-electron chi connectivity index (χ3n) is 4.10. The first-order chi connectivity index (χ1) is 8.72. The fourth-order valence-corrected chi connectivity index (χ4v) is 3.20. The smallest absolute Gasteiger partial charge is 0.230 e. The molecular weight excluding hydrogens is 290 g/mol. The van der Waals surface area contributed by atoms with Crippen LogP contribution in [0, 0.1) is 5.92 Å². The predicted octanol–water partition coefficient (Wildman–Crippen LogP) is 3.01. The van der Waals surface area contributed by atoms with Crippen LogP contribution in [0.1, 0.15) is 31.2 Å². The summed E-state index contributed by atoms with van der Waals surface area (Å²) in [6.45, 7) is 0.762. The lowest BCUT2D eigenvalue weighted by atomic mass is 9.95. The number of alkyl halides is 1. The van der Waals surface area contributed by atoms with Gasteiger partial charge in [-0.05, 0) is 37.2 Å². The molecule has 96 valence electrons. The van der Waals surface area contributed by atoms with Crippen molar-refractivity contribution in [1.82, 2.24) is 5.32 Å². The lowest BCUT2D eigenvalue weighted by Gasteiger charge is -2.17. The van der Waals surface area contributed by atoms with E-state index in [1.807, 2.05) is 18.2 Å². The summed E-state index contributed by atoms with van der Waals surface area (Å²) < 4.78 is 0. The lowest BCUT2D eigenvalue weighted by Crippen LogP contribution is -2.38. The van der Waals surface area contributed by atoms with Gasteiger partial charge < -0.3 is 5.32 Å². The fourth-order valence-electron chi connectivity index (χ4n) is 2.51. The third kappa shape index (κ3) is 2.33. The van der Waals surface area contributed by atoms with Crippen LogP contribution in [0.3, 0.4) is 0 Å². The van der Waals surface area contributed by atoms with Crippen LogP contribution in [0.2, 0.25) is 0 Å². The van der Waals surface area contributed by atoms with Crippen LogP contribution in [-0.2, 0) is 10.2 Å². The van der Waals surface area contributed by atoms with Crippen molar-refractivity contribution >= 4 is 21.8 Å². The van der Waals surface area contributed by atoms with E-state index in [4.69, 9.17) is 0 Å². The molecule has 0 bridgehead atoms. The Morgan fingerprint density at radius 1 is 1.33 bits per heavy atom. The van der Waals surface area contributed by atoms with E-state index in [0.717, 1.165) is 25.3 Å². The molecule has 18 heavy (non-hydrogen) atoms. The highest BCUT2D eigenvalue weighted by Crippen LogP contribution is 2.48. The maximum absolute atomic E-state index is 12.3. The zero-order valence-corrected chi connectivity index (χ0v) is 11.9. The molecule has 2 nitrogen and oxygen atoms in total. The molecule has 3 rings (SSSR count). The molecule has 2 aliphatic carbocycles. The van der Waals surface area contributed by atoms with Gasteiger partial charge in [-0.2, -0.15) is 0 Å². The van der Waals surface area contributed by atoms with Gasteiger partial charge in [-0.1, -0.05) is 46.3 Å². The Balaban J connectivity index is 1.61. The molecule has 2 saturated carbocycles. The quantitative estimate of drug-likeness (QED) is 0.833. The van der Waals surface area contributed by atoms with Crippen molar-refractivity contribution in [2.75, 3.05) is 6.54 Å². The monoisotopic (exact) mass is 307 g/mol. The molecule has 1 N–H and O–H groups in total. The molecule has 3 heteroatoms. The van der Waals surface area contributed by atoms with E-state index in [9.17, 15) is 4.79 Å². The number of carbonyl (C=O) groups excluding carboxylic acids is 1. The summed E-state index contributed by atoms with van der Waals surface area (Å²) in [4.78, 5) is 12.8. The molecular formula is C15H18BrNO. The number of carbonyl (C=O) groups is 1. The summed E-state index contributed by atoms with van der Waals surface area (Å²) in [5.41, 5.74) is 0.942. The Kier molecular flexibility index (Phi) is 3.18. The Labute approximate surface area is 116 Å². The lowest BCUT2D eigenvalue weighted by molar-refractivity contribution is -0.123. The van der Waals surface area contributed by atoms with Crippen molar-refractivity contribution in [2.45, 2.75) is 35.9 Å². The molecule has 1 aromatic rings. The molecule has 2 fully saturated rings. The summed E-state index contributed by atoms with van der Waals surface area (Å²) in [5, 5.41) is 3.12. The van der Waals surface area contributed by atoms with E-state index in [0.29, 0.717) is 4.83 Å². The Morgan fingerprint density at radius 3 is 2.56 bits per heavy atom. The number of nitrogens with one attached hydrogen (secondary N) is 1. The van der Waals surface area contributed by atoms with Crippen LogP contribution in [0.15, 0.2) is 30.3 Å². The molecule has 1 aromatic carbocycles. The fraction of sp³-hybridized carbons (Fsp3) is 0.533. The molecule has 0 spiro atoms. The van der Waals surface area contributed by atoms with Gasteiger partial charge >= 0.3 is 0 Å². The maximum atomic E-state index is 12.3. The normalized spacial score (nSPS) is 22.3. The van der Waals surface area contributed by atoms with Crippen LogP contribution in [0.5, 0.6) is 0 Å². The average Bonchev–Trinajstić information content (AvgIpc) is 3.30. The van der Waals surface area contributed by atoms with E-state index in [-0.39, 0.29) is 11.3 Å². The van der Waals surface area contributed by atoms with Gasteiger partial charge in [-0.3, -0.25) is 4.79 Å². The average molecular weight is 308 g/mol. The highest BCUT2D eigenvalue weighted by molar-refractivity contribution is 9.09. The largest absolute Gasteiger partial charge is 0.354 e. The van der Waals surface area contributed by atoms with Gasteiger partial charge in [0.1, 0.15) is 0 Å². The summed E-state index contributed by atoms with van der Waals surface area (Å²) in [5.74, 6) is 0.982. The van der Waals surface area contributed by atoms with Gasteiger partial charge in [0.25, 0.3) is 0 Å². The van der Waals surface area contributed by atoms with Crippen LogP contribution >= 0.6 is 15.9 Å². The van der Waals surface area contributed by atoms with Gasteiger partial charge in [0.05, 0.1) is 5.41 Å². The molecule has 1 atom stereocenters. The van der Waals surface area contributed by atoms with Gasteiger partial charge in [-0.25, -0.2) is 0 Å². The van der Waals surface area contributed by atoms with Crippen LogP contribution in [0.25, 0.3) is 0 Å². The van der Waals surface area contributed by atoms with Crippen LogP contribution in [0.4, 0.5) is 0 Å². The topological polar surface area (TPSA) is 29.1 Å². The number of halogens is 1. The predicted molar refractivity (Wildman–Crippen MR) is 75.8 cm³/mol. The number of rotatable bonds is 5. The molecule has 0 aromatic heterocycles. The summed E-state index contributed by atoms with van der Waals surface area (Å²) >= 11 is 3.66. The molecule has 1 amide bonds. The first-order valence-corrected chi connectivity index (χ1v) is 7.62. The summed E-state index contributed by atoms with van der Waals surface area (Å²) in [6, 6.07) is 10.2. The molecule has 0 aliphatic heterocycles. The van der Waals surface area contributed by atoms with Crippen molar-refractivity contribution in [2.24, 2.45) is 5.92 Å². The zero-order valence-electron chi connectivity index (χ0n) is 10.4. The highest BCUT2D eigenvalue weighted by atomic mass is 79.9. The second kappa shape index (κ2) is 4.69. The standard InChI is InChI=1S/C15H18BrNO/c16-13(11-6-7-11)10-17-14(18)15(8-9-15)12-4-2-1-3-5-12/h1-5,11,13H,6-10H2,(H,17,18). The number of hydrogen-bond acceptors (Lipinski definition) is 1. The Hall–Kier alpha value is -0.830. The summed E-state index contributed by atoms with van der Waals surface area (Å²) in [6.07, 6.45) is 4.57. The minimum atomic E-state index is -0.225. The minimum absolute atomic E-state index is 0.207. The van der Waals surface area contributed by atoms with Crippen molar-refractivity contribution in [3.05, 3.63) is 35.9 Å². The first kappa shape index (κ1) is 12.2. The van der Waals surface area contributed by atoms with Gasteiger partial charge in [0, 0.05) is 11.4 Å². The number of amides is 1. The first-order valence-electron chi connectivity index (χ1n) is 6.70. The van der Waals surface area contributed by atoms with Gasteiger partial charge in [-0.15, -0.1) is 0 Å². The molecule has 0 radical (unpaired) electrons. The molecule has 2 aliphatic rings. The zero-order chi connectivity index (χ0) is 12.6. The number of benzene rings is 1. The van der Waals surface area contributed by atoms with Crippen LogP contribution in [-0.4, -0.2) is 17.3 Å². The van der Waals surface area contributed by atoms with Crippen molar-refractivity contribution in [3.8, 4) is 0 Å². The summed E-state index contributed by atoms with van der Waals surface area (Å²) in [7, 11) is 0. The number of hydrogen-bond donors (Lipinski definition) is 1. The van der Waals surface area contributed by atoms with E-state index in [1.165, 1.54) is 18.4 Å².